The normalized spacial score (nSPS) is 30.6. The van der Waals surface area contributed by atoms with Gasteiger partial charge in [0.15, 0.2) is 0 Å². The number of hydrogen-bond acceptors (Lipinski definition) is 3. The van der Waals surface area contributed by atoms with E-state index in [1.807, 2.05) is 0 Å². The minimum Gasteiger partial charge on any atom is -0.394 e. The van der Waals surface area contributed by atoms with Crippen molar-refractivity contribution in [2.75, 3.05) is 19.7 Å². The molecule has 1 heterocycles. The van der Waals surface area contributed by atoms with Gasteiger partial charge < -0.3 is 15.3 Å². The number of likely N-dealkylation sites (tertiary alicyclic amines) is 1. The van der Waals surface area contributed by atoms with E-state index in [0.717, 1.165) is 19.0 Å². The summed E-state index contributed by atoms with van der Waals surface area (Å²) in [5.74, 6) is 0. The zero-order valence-corrected chi connectivity index (χ0v) is 10.7. The van der Waals surface area contributed by atoms with Crippen molar-refractivity contribution in [3.8, 4) is 0 Å². The van der Waals surface area contributed by atoms with Gasteiger partial charge in [-0.05, 0) is 52.5 Å². The Kier molecular flexibility index (Phi) is 3.88. The van der Waals surface area contributed by atoms with Crippen LogP contribution >= 0.6 is 0 Å². The van der Waals surface area contributed by atoms with E-state index in [4.69, 9.17) is 0 Å². The van der Waals surface area contributed by atoms with Gasteiger partial charge in [0.05, 0.1) is 6.61 Å². The van der Waals surface area contributed by atoms with Crippen molar-refractivity contribution in [2.45, 2.75) is 63.6 Å². The first-order valence-electron chi connectivity index (χ1n) is 6.75. The Morgan fingerprint density at radius 1 is 1.38 bits per heavy atom. The van der Waals surface area contributed by atoms with Crippen LogP contribution in [0.2, 0.25) is 0 Å². The van der Waals surface area contributed by atoms with Crippen LogP contribution in [-0.4, -0.2) is 47.3 Å². The number of aliphatic hydroxyl groups excluding tert-OH is 1. The van der Waals surface area contributed by atoms with E-state index in [2.05, 4.69) is 24.1 Å². The highest BCUT2D eigenvalue weighted by atomic mass is 16.3. The monoisotopic (exact) mass is 226 g/mol. The standard InChI is InChI=1S/C13H26N2O/c1-11-4-3-8-15(11)9-7-13(2,10-16)14-12-5-6-12/h11-12,14,16H,3-10H2,1-2H3. The molecule has 2 rings (SSSR count). The molecule has 94 valence electrons. The molecule has 0 aromatic carbocycles. The van der Waals surface area contributed by atoms with E-state index in [0.29, 0.717) is 6.04 Å². The molecule has 16 heavy (non-hydrogen) atoms. The predicted molar refractivity (Wildman–Crippen MR) is 66.5 cm³/mol. The zero-order chi connectivity index (χ0) is 11.6. The van der Waals surface area contributed by atoms with Crippen LogP contribution in [-0.2, 0) is 0 Å². The lowest BCUT2D eigenvalue weighted by Crippen LogP contribution is -2.49. The summed E-state index contributed by atoms with van der Waals surface area (Å²) in [7, 11) is 0. The van der Waals surface area contributed by atoms with Crippen molar-refractivity contribution < 1.29 is 5.11 Å². The van der Waals surface area contributed by atoms with Gasteiger partial charge in [-0.1, -0.05) is 0 Å². The average Bonchev–Trinajstić information content (AvgIpc) is 2.97. The molecule has 2 atom stereocenters. The van der Waals surface area contributed by atoms with Gasteiger partial charge in [-0.15, -0.1) is 0 Å². The Labute approximate surface area is 99.2 Å². The molecule has 3 nitrogen and oxygen atoms in total. The van der Waals surface area contributed by atoms with Gasteiger partial charge in [-0.25, -0.2) is 0 Å². The van der Waals surface area contributed by atoms with Gasteiger partial charge in [-0.3, -0.25) is 0 Å². The van der Waals surface area contributed by atoms with Gasteiger partial charge in [0, 0.05) is 24.2 Å². The lowest BCUT2D eigenvalue weighted by Gasteiger charge is -2.32. The number of rotatable bonds is 6. The molecular formula is C13H26N2O. The first-order chi connectivity index (χ1) is 7.63. The summed E-state index contributed by atoms with van der Waals surface area (Å²) in [5, 5.41) is 13.1. The van der Waals surface area contributed by atoms with Crippen LogP contribution in [0, 0.1) is 0 Å². The number of hydrogen-bond donors (Lipinski definition) is 2. The Bertz CT molecular complexity index is 230. The molecule has 1 aliphatic carbocycles. The van der Waals surface area contributed by atoms with E-state index in [1.165, 1.54) is 32.2 Å². The second-order valence-corrected chi connectivity index (χ2v) is 5.91. The molecule has 1 saturated carbocycles. The van der Waals surface area contributed by atoms with Crippen molar-refractivity contribution in [3.63, 3.8) is 0 Å². The smallest absolute Gasteiger partial charge is 0.0611 e. The molecule has 2 unspecified atom stereocenters. The van der Waals surface area contributed by atoms with Gasteiger partial charge in [-0.2, -0.15) is 0 Å². The highest BCUT2D eigenvalue weighted by Crippen LogP contribution is 2.25. The van der Waals surface area contributed by atoms with Crippen molar-refractivity contribution in [1.82, 2.24) is 10.2 Å². The largest absolute Gasteiger partial charge is 0.394 e. The minimum atomic E-state index is -0.0660. The summed E-state index contributed by atoms with van der Waals surface area (Å²) in [4.78, 5) is 2.56. The maximum atomic E-state index is 9.52. The molecule has 0 spiro atoms. The Morgan fingerprint density at radius 2 is 2.12 bits per heavy atom. The highest BCUT2D eigenvalue weighted by molar-refractivity contribution is 4.93. The third kappa shape index (κ3) is 3.19. The Hall–Kier alpha value is -0.120. The van der Waals surface area contributed by atoms with Gasteiger partial charge in [0.25, 0.3) is 0 Å². The van der Waals surface area contributed by atoms with E-state index < -0.39 is 0 Å². The van der Waals surface area contributed by atoms with Gasteiger partial charge in [0.1, 0.15) is 0 Å². The lowest BCUT2D eigenvalue weighted by atomic mass is 9.98. The summed E-state index contributed by atoms with van der Waals surface area (Å²) < 4.78 is 0. The maximum absolute atomic E-state index is 9.52. The third-order valence-electron chi connectivity index (χ3n) is 4.12. The van der Waals surface area contributed by atoms with Crippen LogP contribution < -0.4 is 5.32 Å². The molecular weight excluding hydrogens is 200 g/mol. The van der Waals surface area contributed by atoms with E-state index in [9.17, 15) is 5.11 Å². The molecule has 0 bridgehead atoms. The zero-order valence-electron chi connectivity index (χ0n) is 10.7. The van der Waals surface area contributed by atoms with Crippen LogP contribution in [0.1, 0.15) is 46.0 Å². The lowest BCUT2D eigenvalue weighted by molar-refractivity contribution is 0.142. The Balaban J connectivity index is 1.76. The second-order valence-electron chi connectivity index (χ2n) is 5.91. The van der Waals surface area contributed by atoms with E-state index >= 15 is 0 Å². The summed E-state index contributed by atoms with van der Waals surface area (Å²) in [5.41, 5.74) is -0.0660. The van der Waals surface area contributed by atoms with Crippen LogP contribution in [0.4, 0.5) is 0 Å². The highest BCUT2D eigenvalue weighted by Gasteiger charge is 2.32. The molecule has 2 fully saturated rings. The summed E-state index contributed by atoms with van der Waals surface area (Å²) in [6, 6.07) is 1.41. The molecule has 2 aliphatic rings. The molecule has 1 aliphatic heterocycles. The van der Waals surface area contributed by atoms with Crippen molar-refractivity contribution in [1.29, 1.82) is 0 Å². The second kappa shape index (κ2) is 5.03. The molecule has 0 amide bonds. The summed E-state index contributed by atoms with van der Waals surface area (Å²) in [6.45, 7) is 7.10. The summed E-state index contributed by atoms with van der Waals surface area (Å²) in [6.07, 6.45) is 6.31. The van der Waals surface area contributed by atoms with Gasteiger partial charge in [0.2, 0.25) is 0 Å². The minimum absolute atomic E-state index is 0.0660. The SMILES string of the molecule is CC1CCCN1CCC(C)(CO)NC1CC1. The number of nitrogens with one attached hydrogen (secondary N) is 1. The predicted octanol–water partition coefficient (Wildman–Crippen LogP) is 1.36. The van der Waals surface area contributed by atoms with E-state index in [-0.39, 0.29) is 12.1 Å². The molecule has 0 aromatic heterocycles. The molecule has 3 heteroatoms. The molecule has 0 aromatic rings. The number of nitrogens with zero attached hydrogens (tertiary/aromatic N) is 1. The average molecular weight is 226 g/mol. The van der Waals surface area contributed by atoms with Crippen molar-refractivity contribution in [2.24, 2.45) is 0 Å². The summed E-state index contributed by atoms with van der Waals surface area (Å²) >= 11 is 0. The van der Waals surface area contributed by atoms with Crippen LogP contribution in [0.5, 0.6) is 0 Å². The quantitative estimate of drug-likeness (QED) is 0.718. The van der Waals surface area contributed by atoms with Crippen LogP contribution in [0.3, 0.4) is 0 Å². The maximum Gasteiger partial charge on any atom is 0.0611 e. The number of aliphatic hydroxyl groups is 1. The molecule has 0 radical (unpaired) electrons. The molecule has 1 saturated heterocycles. The van der Waals surface area contributed by atoms with Crippen molar-refractivity contribution in [3.05, 3.63) is 0 Å². The molecule has 2 N–H and O–H groups in total. The fourth-order valence-corrected chi connectivity index (χ4v) is 2.63. The first-order valence-corrected chi connectivity index (χ1v) is 6.75. The topological polar surface area (TPSA) is 35.5 Å². The third-order valence-corrected chi connectivity index (χ3v) is 4.12. The van der Waals surface area contributed by atoms with Crippen molar-refractivity contribution >= 4 is 0 Å². The van der Waals surface area contributed by atoms with Gasteiger partial charge >= 0.3 is 0 Å². The van der Waals surface area contributed by atoms with Crippen LogP contribution in [0.15, 0.2) is 0 Å². The van der Waals surface area contributed by atoms with Crippen LogP contribution in [0.25, 0.3) is 0 Å². The van der Waals surface area contributed by atoms with E-state index in [1.54, 1.807) is 0 Å². The fourth-order valence-electron chi connectivity index (χ4n) is 2.63. The Morgan fingerprint density at radius 3 is 2.62 bits per heavy atom. The first kappa shape index (κ1) is 12.3. The fraction of sp³-hybridized carbons (Fsp3) is 1.00.